The molecule has 1 N–H and O–H groups in total. The van der Waals surface area contributed by atoms with Crippen LogP contribution in [-0.2, 0) is 20.8 Å². The highest BCUT2D eigenvalue weighted by Gasteiger charge is 2.45. The second-order valence-corrected chi connectivity index (χ2v) is 9.28. The quantitative estimate of drug-likeness (QED) is 0.928. The molecule has 1 aromatic heterocycles. The molecule has 1 fully saturated rings. The summed E-state index contributed by atoms with van der Waals surface area (Å²) in [7, 11) is -2.95. The highest BCUT2D eigenvalue weighted by atomic mass is 32.2. The van der Waals surface area contributed by atoms with Crippen LogP contribution >= 0.6 is 11.3 Å². The van der Waals surface area contributed by atoms with Gasteiger partial charge in [-0.15, -0.1) is 11.3 Å². The first-order valence-corrected chi connectivity index (χ1v) is 9.31. The highest BCUT2D eigenvalue weighted by Crippen LogP contribution is 2.37. The third-order valence-electron chi connectivity index (χ3n) is 3.50. The number of hydrogen-bond acceptors (Lipinski definition) is 5. The lowest BCUT2D eigenvalue weighted by atomic mass is 9.93. The van der Waals surface area contributed by atoms with Crippen LogP contribution in [0.25, 0.3) is 0 Å². The van der Waals surface area contributed by atoms with Crippen molar-refractivity contribution in [3.05, 3.63) is 16.1 Å². The normalized spacial score (nSPS) is 26.7. The highest BCUT2D eigenvalue weighted by molar-refractivity contribution is 7.91. The van der Waals surface area contributed by atoms with Crippen molar-refractivity contribution >= 4 is 21.2 Å². The Morgan fingerprint density at radius 2 is 2.16 bits per heavy atom. The van der Waals surface area contributed by atoms with Crippen LogP contribution in [0, 0.1) is 0 Å². The van der Waals surface area contributed by atoms with E-state index in [1.54, 1.807) is 11.3 Å². The second kappa shape index (κ2) is 4.82. The van der Waals surface area contributed by atoms with Gasteiger partial charge in [-0.05, 0) is 13.0 Å². The van der Waals surface area contributed by atoms with Crippen LogP contribution in [-0.4, -0.2) is 31.5 Å². The summed E-state index contributed by atoms with van der Waals surface area (Å²) in [5.74, 6) is 0.426. The van der Waals surface area contributed by atoms with E-state index in [4.69, 9.17) is 4.98 Å². The average Bonchev–Trinajstić information content (AvgIpc) is 2.83. The third-order valence-corrected chi connectivity index (χ3v) is 6.31. The molecule has 6 heteroatoms. The lowest BCUT2D eigenvalue weighted by Gasteiger charge is -2.26. The number of hydrogen-bond donors (Lipinski definition) is 1. The summed E-state index contributed by atoms with van der Waals surface area (Å²) in [6, 6.07) is 0. The maximum atomic E-state index is 11.8. The van der Waals surface area contributed by atoms with Crippen molar-refractivity contribution in [2.24, 2.45) is 0 Å². The summed E-state index contributed by atoms with van der Waals surface area (Å²) < 4.78 is 23.7. The minimum atomic E-state index is -2.95. The molecule has 1 aliphatic rings. The maximum absolute atomic E-state index is 11.8. The van der Waals surface area contributed by atoms with Gasteiger partial charge in [0.1, 0.15) is 5.01 Å². The molecule has 1 aliphatic heterocycles. The Bertz CT molecular complexity index is 557. The number of nitrogens with one attached hydrogen (secondary N) is 1. The number of nitrogens with zero attached hydrogens (tertiary/aromatic N) is 1. The zero-order chi connectivity index (χ0) is 14.3. The van der Waals surface area contributed by atoms with Gasteiger partial charge in [-0.2, -0.15) is 0 Å². The van der Waals surface area contributed by atoms with Gasteiger partial charge < -0.3 is 5.32 Å². The van der Waals surface area contributed by atoms with Gasteiger partial charge in [0.15, 0.2) is 9.84 Å². The average molecular weight is 302 g/mol. The van der Waals surface area contributed by atoms with E-state index in [-0.39, 0.29) is 16.9 Å². The Labute approximate surface area is 119 Å². The minimum Gasteiger partial charge on any atom is -0.305 e. The predicted molar refractivity (Wildman–Crippen MR) is 79.4 cm³/mol. The van der Waals surface area contributed by atoms with Gasteiger partial charge in [-0.1, -0.05) is 27.7 Å². The molecule has 0 spiro atoms. The fourth-order valence-corrected chi connectivity index (χ4v) is 5.69. The zero-order valence-electron chi connectivity index (χ0n) is 12.0. The van der Waals surface area contributed by atoms with Gasteiger partial charge in [0.2, 0.25) is 0 Å². The summed E-state index contributed by atoms with van der Waals surface area (Å²) in [4.78, 5) is 4.71. The SMILES string of the molecule is CCNC1(c2nc(C(C)(C)C)cs2)CCS(=O)(=O)C1. The summed E-state index contributed by atoms with van der Waals surface area (Å²) >= 11 is 1.58. The Morgan fingerprint density at radius 1 is 1.47 bits per heavy atom. The largest absolute Gasteiger partial charge is 0.305 e. The molecule has 0 aromatic carbocycles. The molecule has 1 unspecified atom stereocenters. The molecule has 1 aromatic rings. The van der Waals surface area contributed by atoms with Crippen molar-refractivity contribution in [1.82, 2.24) is 10.3 Å². The van der Waals surface area contributed by atoms with Crippen LogP contribution < -0.4 is 5.32 Å². The standard InChI is InChI=1S/C13H22N2O2S2/c1-5-14-13(6-7-19(16,17)9-13)11-15-10(8-18-11)12(2,3)4/h8,14H,5-7,9H2,1-4H3. The van der Waals surface area contributed by atoms with Crippen molar-refractivity contribution in [3.63, 3.8) is 0 Å². The Hall–Kier alpha value is -0.460. The van der Waals surface area contributed by atoms with Gasteiger partial charge in [-0.3, -0.25) is 0 Å². The molecule has 2 rings (SSSR count). The molecule has 0 amide bonds. The number of aromatic nitrogens is 1. The molecular formula is C13H22N2O2S2. The summed E-state index contributed by atoms with van der Waals surface area (Å²) in [6.45, 7) is 9.12. The van der Waals surface area contributed by atoms with Crippen LogP contribution in [0.1, 0.15) is 44.8 Å². The van der Waals surface area contributed by atoms with Crippen molar-refractivity contribution in [3.8, 4) is 0 Å². The third kappa shape index (κ3) is 3.01. The Balaban J connectivity index is 2.38. The van der Waals surface area contributed by atoms with Gasteiger partial charge in [0.05, 0.1) is 22.7 Å². The molecule has 19 heavy (non-hydrogen) atoms. The van der Waals surface area contributed by atoms with Crippen LogP contribution in [0.2, 0.25) is 0 Å². The van der Waals surface area contributed by atoms with Gasteiger partial charge in [0.25, 0.3) is 0 Å². The smallest absolute Gasteiger partial charge is 0.152 e. The lowest BCUT2D eigenvalue weighted by molar-refractivity contribution is 0.381. The van der Waals surface area contributed by atoms with Crippen LogP contribution in [0.3, 0.4) is 0 Å². The van der Waals surface area contributed by atoms with Gasteiger partial charge in [-0.25, -0.2) is 13.4 Å². The van der Waals surface area contributed by atoms with E-state index in [2.05, 4.69) is 31.5 Å². The molecule has 0 saturated carbocycles. The van der Waals surface area contributed by atoms with E-state index >= 15 is 0 Å². The van der Waals surface area contributed by atoms with Crippen molar-refractivity contribution in [2.75, 3.05) is 18.1 Å². The lowest BCUT2D eigenvalue weighted by Crippen LogP contribution is -2.43. The molecule has 0 radical (unpaired) electrons. The molecule has 0 bridgehead atoms. The van der Waals surface area contributed by atoms with Crippen LogP contribution in [0.5, 0.6) is 0 Å². The fourth-order valence-electron chi connectivity index (χ4n) is 2.41. The molecule has 4 nitrogen and oxygen atoms in total. The summed E-state index contributed by atoms with van der Waals surface area (Å²) in [5.41, 5.74) is 0.565. The van der Waals surface area contributed by atoms with Gasteiger partial charge >= 0.3 is 0 Å². The first-order chi connectivity index (χ1) is 8.69. The topological polar surface area (TPSA) is 59.1 Å². The van der Waals surface area contributed by atoms with E-state index in [0.29, 0.717) is 6.42 Å². The molecule has 2 heterocycles. The molecule has 1 saturated heterocycles. The number of thiazole rings is 1. The Morgan fingerprint density at radius 3 is 2.58 bits per heavy atom. The molecule has 1 atom stereocenters. The van der Waals surface area contributed by atoms with Gasteiger partial charge in [0, 0.05) is 10.8 Å². The second-order valence-electron chi connectivity index (χ2n) is 6.24. The zero-order valence-corrected chi connectivity index (χ0v) is 13.6. The van der Waals surface area contributed by atoms with Crippen molar-refractivity contribution in [2.45, 2.75) is 45.1 Å². The Kier molecular flexibility index (Phi) is 3.79. The van der Waals surface area contributed by atoms with Crippen LogP contribution in [0.15, 0.2) is 5.38 Å². The minimum absolute atomic E-state index is 0.000363. The van der Waals surface area contributed by atoms with E-state index in [0.717, 1.165) is 17.2 Å². The molecule has 0 aliphatic carbocycles. The molecule has 108 valence electrons. The van der Waals surface area contributed by atoms with Crippen molar-refractivity contribution in [1.29, 1.82) is 0 Å². The fraction of sp³-hybridized carbons (Fsp3) is 0.769. The monoisotopic (exact) mass is 302 g/mol. The number of rotatable bonds is 3. The molecular weight excluding hydrogens is 280 g/mol. The number of sulfone groups is 1. The van der Waals surface area contributed by atoms with E-state index in [1.807, 2.05) is 6.92 Å². The van der Waals surface area contributed by atoms with E-state index in [9.17, 15) is 8.42 Å². The maximum Gasteiger partial charge on any atom is 0.152 e. The van der Waals surface area contributed by atoms with Crippen LogP contribution in [0.4, 0.5) is 0 Å². The first kappa shape index (κ1) is 14.9. The summed E-state index contributed by atoms with van der Waals surface area (Å²) in [5, 5.41) is 6.34. The summed E-state index contributed by atoms with van der Waals surface area (Å²) in [6.07, 6.45) is 0.625. The van der Waals surface area contributed by atoms with E-state index in [1.165, 1.54) is 0 Å². The first-order valence-electron chi connectivity index (χ1n) is 6.60. The predicted octanol–water partition coefficient (Wildman–Crippen LogP) is 2.06. The van der Waals surface area contributed by atoms with E-state index < -0.39 is 15.4 Å². The van der Waals surface area contributed by atoms with Crippen molar-refractivity contribution < 1.29 is 8.42 Å².